The van der Waals surface area contributed by atoms with E-state index in [1.807, 2.05) is 24.3 Å². The second kappa shape index (κ2) is 6.91. The van der Waals surface area contributed by atoms with Crippen molar-refractivity contribution in [1.82, 2.24) is 0 Å². The summed E-state index contributed by atoms with van der Waals surface area (Å²) in [4.78, 5) is 0. The van der Waals surface area contributed by atoms with Gasteiger partial charge < -0.3 is 15.2 Å². The molecule has 1 atom stereocenters. The first-order valence-electron chi connectivity index (χ1n) is 6.48. The molecule has 0 amide bonds. The third-order valence-corrected chi connectivity index (χ3v) is 3.00. The minimum absolute atomic E-state index is 0.292. The number of anilines is 1. The summed E-state index contributed by atoms with van der Waals surface area (Å²) < 4.78 is 18.1. The van der Waals surface area contributed by atoms with Crippen LogP contribution in [0.5, 0.6) is 5.75 Å². The molecule has 3 nitrogen and oxygen atoms in total. The fraction of sp³-hybridized carbons (Fsp3) is 0.250. The van der Waals surface area contributed by atoms with Crippen molar-refractivity contribution in [3.8, 4) is 5.75 Å². The number of hydrogen-bond donors (Lipinski definition) is 2. The van der Waals surface area contributed by atoms with Gasteiger partial charge in [0.2, 0.25) is 0 Å². The minimum atomic E-state index is -0.535. The van der Waals surface area contributed by atoms with Gasteiger partial charge in [-0.25, -0.2) is 4.39 Å². The number of aliphatic hydroxyl groups excluding tert-OH is 1. The van der Waals surface area contributed by atoms with Crippen LogP contribution >= 0.6 is 0 Å². The Morgan fingerprint density at radius 1 is 1.20 bits per heavy atom. The van der Waals surface area contributed by atoms with Gasteiger partial charge >= 0.3 is 0 Å². The number of hydrogen-bond acceptors (Lipinski definition) is 3. The van der Waals surface area contributed by atoms with Crippen LogP contribution in [0.1, 0.15) is 5.56 Å². The van der Waals surface area contributed by atoms with Crippen LogP contribution in [0.2, 0.25) is 0 Å². The molecule has 20 heavy (non-hydrogen) atoms. The lowest BCUT2D eigenvalue weighted by molar-refractivity contribution is 0.188. The monoisotopic (exact) mass is 275 g/mol. The largest absolute Gasteiger partial charge is 0.497 e. The molecule has 4 heteroatoms. The zero-order valence-electron chi connectivity index (χ0n) is 11.3. The van der Waals surface area contributed by atoms with Crippen LogP contribution < -0.4 is 10.1 Å². The van der Waals surface area contributed by atoms with Gasteiger partial charge in [-0.15, -0.1) is 0 Å². The number of rotatable bonds is 6. The molecule has 2 aromatic carbocycles. The number of ether oxygens (including phenoxy) is 1. The average molecular weight is 275 g/mol. The topological polar surface area (TPSA) is 41.5 Å². The molecule has 0 saturated carbocycles. The van der Waals surface area contributed by atoms with Crippen LogP contribution in [0.15, 0.2) is 48.5 Å². The van der Waals surface area contributed by atoms with Gasteiger partial charge in [0.25, 0.3) is 0 Å². The van der Waals surface area contributed by atoms with E-state index >= 15 is 0 Å². The quantitative estimate of drug-likeness (QED) is 0.851. The van der Waals surface area contributed by atoms with Crippen LogP contribution in [0.3, 0.4) is 0 Å². The highest BCUT2D eigenvalue weighted by atomic mass is 19.1. The number of aliphatic hydroxyl groups is 1. The lowest BCUT2D eigenvalue weighted by Crippen LogP contribution is -2.21. The lowest BCUT2D eigenvalue weighted by atomic mass is 10.1. The van der Waals surface area contributed by atoms with Gasteiger partial charge in [-0.1, -0.05) is 18.2 Å². The summed E-state index contributed by atoms with van der Waals surface area (Å²) in [6, 6.07) is 13.8. The highest BCUT2D eigenvalue weighted by molar-refractivity contribution is 5.43. The van der Waals surface area contributed by atoms with Gasteiger partial charge in [0.05, 0.1) is 13.2 Å². The molecule has 0 spiro atoms. The first-order valence-corrected chi connectivity index (χ1v) is 6.48. The van der Waals surface area contributed by atoms with Gasteiger partial charge in [0, 0.05) is 18.7 Å². The maximum Gasteiger partial charge on any atom is 0.125 e. The Kier molecular flexibility index (Phi) is 4.96. The molecular weight excluding hydrogens is 257 g/mol. The molecule has 106 valence electrons. The molecule has 0 saturated heterocycles. The molecule has 0 radical (unpaired) electrons. The fourth-order valence-corrected chi connectivity index (χ4v) is 1.94. The Balaban J connectivity index is 1.84. The second-order valence-corrected chi connectivity index (χ2v) is 4.60. The molecule has 0 aliphatic carbocycles. The Labute approximate surface area is 118 Å². The standard InChI is InChI=1S/C16H18FNO2/c1-20-16-7-5-12(6-8-16)9-15(19)11-18-14-4-2-3-13(17)10-14/h2-8,10,15,18-19H,9,11H2,1H3/t15-/m0/s1. The SMILES string of the molecule is COc1ccc(C[C@H](O)CNc2cccc(F)c2)cc1. The van der Waals surface area contributed by atoms with Crippen molar-refractivity contribution < 1.29 is 14.2 Å². The molecule has 2 rings (SSSR count). The van der Waals surface area contributed by atoms with E-state index < -0.39 is 6.10 Å². The molecule has 0 heterocycles. The smallest absolute Gasteiger partial charge is 0.125 e. The number of benzene rings is 2. The zero-order chi connectivity index (χ0) is 14.4. The van der Waals surface area contributed by atoms with Crippen molar-refractivity contribution in [1.29, 1.82) is 0 Å². The van der Waals surface area contributed by atoms with Gasteiger partial charge in [-0.05, 0) is 35.9 Å². The summed E-state index contributed by atoms with van der Waals surface area (Å²) in [5.74, 6) is 0.501. The van der Waals surface area contributed by atoms with E-state index in [-0.39, 0.29) is 5.82 Å². The summed E-state index contributed by atoms with van der Waals surface area (Å²) in [5, 5.41) is 13.0. The number of methoxy groups -OCH3 is 1. The predicted molar refractivity (Wildman–Crippen MR) is 77.6 cm³/mol. The van der Waals surface area contributed by atoms with Crippen LogP contribution in [0, 0.1) is 5.82 Å². The maximum atomic E-state index is 13.0. The predicted octanol–water partition coefficient (Wildman–Crippen LogP) is 2.85. The first kappa shape index (κ1) is 14.3. The Morgan fingerprint density at radius 2 is 1.95 bits per heavy atom. The lowest BCUT2D eigenvalue weighted by Gasteiger charge is -2.13. The summed E-state index contributed by atoms with van der Waals surface area (Å²) in [7, 11) is 1.62. The summed E-state index contributed by atoms with van der Waals surface area (Å²) in [6.07, 6.45) is -0.00146. The normalized spacial score (nSPS) is 11.9. The first-order chi connectivity index (χ1) is 9.67. The van der Waals surface area contributed by atoms with E-state index in [1.54, 1.807) is 19.2 Å². The molecule has 0 bridgehead atoms. The van der Waals surface area contributed by atoms with E-state index in [4.69, 9.17) is 4.74 Å². The molecule has 0 unspecified atom stereocenters. The van der Waals surface area contributed by atoms with Crippen LogP contribution in [-0.2, 0) is 6.42 Å². The molecule has 0 aliphatic heterocycles. The van der Waals surface area contributed by atoms with Crippen molar-refractivity contribution in [3.63, 3.8) is 0 Å². The third kappa shape index (κ3) is 4.24. The van der Waals surface area contributed by atoms with Crippen molar-refractivity contribution in [2.75, 3.05) is 19.0 Å². The molecule has 0 aromatic heterocycles. The van der Waals surface area contributed by atoms with Crippen LogP contribution in [0.4, 0.5) is 10.1 Å². The van der Waals surface area contributed by atoms with Crippen molar-refractivity contribution in [2.24, 2.45) is 0 Å². The fourth-order valence-electron chi connectivity index (χ4n) is 1.94. The highest BCUT2D eigenvalue weighted by Gasteiger charge is 2.06. The molecular formula is C16H18FNO2. The Bertz CT molecular complexity index is 542. The molecule has 2 N–H and O–H groups in total. The number of halogens is 1. The number of nitrogens with one attached hydrogen (secondary N) is 1. The average Bonchev–Trinajstić information content (AvgIpc) is 2.46. The van der Waals surface area contributed by atoms with Crippen LogP contribution in [0.25, 0.3) is 0 Å². The van der Waals surface area contributed by atoms with Gasteiger partial charge in [-0.3, -0.25) is 0 Å². The van der Waals surface area contributed by atoms with Crippen molar-refractivity contribution in [3.05, 3.63) is 59.9 Å². The Morgan fingerprint density at radius 3 is 2.60 bits per heavy atom. The maximum absolute atomic E-state index is 13.0. The van der Waals surface area contributed by atoms with E-state index in [0.717, 1.165) is 11.3 Å². The zero-order valence-corrected chi connectivity index (χ0v) is 11.3. The highest BCUT2D eigenvalue weighted by Crippen LogP contribution is 2.13. The van der Waals surface area contributed by atoms with E-state index in [1.165, 1.54) is 12.1 Å². The molecule has 0 aliphatic rings. The van der Waals surface area contributed by atoms with Gasteiger partial charge in [0.15, 0.2) is 0 Å². The van der Waals surface area contributed by atoms with Crippen molar-refractivity contribution in [2.45, 2.75) is 12.5 Å². The van der Waals surface area contributed by atoms with Crippen LogP contribution in [-0.4, -0.2) is 24.9 Å². The Hall–Kier alpha value is -2.07. The van der Waals surface area contributed by atoms with E-state index in [9.17, 15) is 9.50 Å². The minimum Gasteiger partial charge on any atom is -0.497 e. The van der Waals surface area contributed by atoms with Gasteiger partial charge in [-0.2, -0.15) is 0 Å². The summed E-state index contributed by atoms with van der Waals surface area (Å²) >= 11 is 0. The summed E-state index contributed by atoms with van der Waals surface area (Å²) in [6.45, 7) is 0.371. The molecule has 2 aromatic rings. The van der Waals surface area contributed by atoms with Gasteiger partial charge in [0.1, 0.15) is 11.6 Å². The van der Waals surface area contributed by atoms with E-state index in [0.29, 0.717) is 18.7 Å². The van der Waals surface area contributed by atoms with Crippen molar-refractivity contribution >= 4 is 5.69 Å². The van der Waals surface area contributed by atoms with E-state index in [2.05, 4.69) is 5.32 Å². The second-order valence-electron chi connectivity index (χ2n) is 4.60. The summed E-state index contributed by atoms with van der Waals surface area (Å²) in [5.41, 5.74) is 1.69. The third-order valence-electron chi connectivity index (χ3n) is 3.00. The molecule has 0 fully saturated rings.